The van der Waals surface area contributed by atoms with E-state index in [2.05, 4.69) is 31.3 Å². The zero-order chi connectivity index (χ0) is 26.0. The van der Waals surface area contributed by atoms with Gasteiger partial charge in [0.15, 0.2) is 11.5 Å². The van der Waals surface area contributed by atoms with Gasteiger partial charge in [0.05, 0.1) is 18.3 Å². The Bertz CT molecular complexity index is 998. The molecule has 1 heterocycles. The van der Waals surface area contributed by atoms with E-state index in [1.54, 1.807) is 11.4 Å². The van der Waals surface area contributed by atoms with Gasteiger partial charge in [0, 0.05) is 32.6 Å². The molecule has 9 heteroatoms. The van der Waals surface area contributed by atoms with E-state index in [1.165, 1.54) is 5.56 Å². The van der Waals surface area contributed by atoms with Crippen molar-refractivity contribution in [2.24, 2.45) is 0 Å². The minimum Gasteiger partial charge on any atom is -0.493 e. The van der Waals surface area contributed by atoms with Crippen molar-refractivity contribution in [3.63, 3.8) is 0 Å². The van der Waals surface area contributed by atoms with Crippen molar-refractivity contribution in [2.45, 2.75) is 55.8 Å². The number of hydrogen-bond acceptors (Lipinski definition) is 7. The average molecular weight is 555 g/mol. The molecule has 202 valence electrons. The predicted octanol–water partition coefficient (Wildman–Crippen LogP) is 5.63. The minimum atomic E-state index is -3.53. The molecule has 0 spiro atoms. The molecule has 0 aromatic heterocycles. The van der Waals surface area contributed by atoms with Crippen LogP contribution in [-0.2, 0) is 10.0 Å². The van der Waals surface area contributed by atoms with Gasteiger partial charge in [-0.1, -0.05) is 43.7 Å². The van der Waals surface area contributed by atoms with Crippen LogP contribution < -0.4 is 14.8 Å². The Kier molecular flexibility index (Phi) is 11.6. The van der Waals surface area contributed by atoms with E-state index in [1.807, 2.05) is 54.7 Å². The Morgan fingerprint density at radius 3 is 2.39 bits per heavy atom. The number of piperazine rings is 1. The van der Waals surface area contributed by atoms with Crippen LogP contribution in [0.4, 0.5) is 0 Å². The molecule has 1 aromatic rings. The lowest BCUT2D eigenvalue weighted by Gasteiger charge is -2.38. The molecule has 0 bridgehead atoms. The van der Waals surface area contributed by atoms with Gasteiger partial charge in [-0.2, -0.15) is 4.31 Å². The molecule has 1 aliphatic heterocycles. The van der Waals surface area contributed by atoms with Gasteiger partial charge in [-0.15, -0.1) is 23.5 Å². The molecular weight excluding hydrogens is 513 g/mol. The summed E-state index contributed by atoms with van der Waals surface area (Å²) in [5.41, 5.74) is 2.32. The fraction of sp³-hybridized carbons (Fsp3) is 0.630. The van der Waals surface area contributed by atoms with Crippen molar-refractivity contribution in [3.8, 4) is 11.5 Å². The normalized spacial score (nSPS) is 21.0. The predicted molar refractivity (Wildman–Crippen MR) is 155 cm³/mol. The summed E-state index contributed by atoms with van der Waals surface area (Å²) in [6.45, 7) is 9.08. The summed E-state index contributed by atoms with van der Waals surface area (Å²) < 4.78 is 40.4. The highest BCUT2D eigenvalue weighted by Crippen LogP contribution is 2.43. The van der Waals surface area contributed by atoms with Crippen molar-refractivity contribution in [1.82, 2.24) is 9.62 Å². The van der Waals surface area contributed by atoms with Crippen LogP contribution in [0.15, 0.2) is 42.0 Å². The number of sulfonamides is 1. The number of nitrogens with one attached hydrogen (secondary N) is 1. The van der Waals surface area contributed by atoms with E-state index < -0.39 is 14.8 Å². The molecule has 2 aliphatic rings. The first-order chi connectivity index (χ1) is 17.4. The second-order valence-electron chi connectivity index (χ2n) is 9.29. The molecule has 1 atom stereocenters. The molecule has 36 heavy (non-hydrogen) atoms. The summed E-state index contributed by atoms with van der Waals surface area (Å²) in [6, 6.07) is 6.16. The number of benzene rings is 1. The third-order valence-electron chi connectivity index (χ3n) is 6.54. The van der Waals surface area contributed by atoms with Crippen molar-refractivity contribution >= 4 is 33.5 Å². The Balaban J connectivity index is 1.74. The third-order valence-corrected chi connectivity index (χ3v) is 12.4. The minimum absolute atomic E-state index is 0.289. The molecule has 1 saturated heterocycles. The maximum absolute atomic E-state index is 13.8. The topological polar surface area (TPSA) is 67.9 Å². The van der Waals surface area contributed by atoms with Crippen molar-refractivity contribution in [2.75, 3.05) is 51.4 Å². The van der Waals surface area contributed by atoms with E-state index in [4.69, 9.17) is 9.47 Å². The second-order valence-corrected chi connectivity index (χ2v) is 14.3. The lowest BCUT2D eigenvalue weighted by atomic mass is 9.93. The monoisotopic (exact) mass is 554 g/mol. The number of ether oxygens (including phenoxy) is 2. The lowest BCUT2D eigenvalue weighted by molar-refractivity contribution is 0.272. The number of allylic oxidation sites excluding steroid dienone is 3. The summed E-state index contributed by atoms with van der Waals surface area (Å²) >= 11 is 3.94. The molecule has 1 unspecified atom stereocenters. The molecule has 6 nitrogen and oxygen atoms in total. The molecular formula is C27H42N2O4S3. The Morgan fingerprint density at radius 2 is 1.81 bits per heavy atom. The van der Waals surface area contributed by atoms with E-state index in [0.717, 1.165) is 29.9 Å². The van der Waals surface area contributed by atoms with Gasteiger partial charge >= 0.3 is 0 Å². The molecule has 1 aromatic carbocycles. The van der Waals surface area contributed by atoms with Gasteiger partial charge in [-0.05, 0) is 55.4 Å². The first-order valence-corrected chi connectivity index (χ1v) is 16.5. The molecule has 1 aliphatic carbocycles. The zero-order valence-corrected chi connectivity index (χ0v) is 24.6. The van der Waals surface area contributed by atoms with Crippen molar-refractivity contribution in [3.05, 3.63) is 47.6 Å². The number of methoxy groups -OCH3 is 1. The van der Waals surface area contributed by atoms with Crippen LogP contribution in [0.1, 0.15) is 56.6 Å². The fourth-order valence-electron chi connectivity index (χ4n) is 4.37. The van der Waals surface area contributed by atoms with Gasteiger partial charge in [-0.3, -0.25) is 0 Å². The summed E-state index contributed by atoms with van der Waals surface area (Å²) in [5, 5.41) is 3.24. The quantitative estimate of drug-likeness (QED) is 0.299. The average Bonchev–Trinajstić information content (AvgIpc) is 2.90. The van der Waals surface area contributed by atoms with Crippen LogP contribution in [0.2, 0.25) is 0 Å². The Labute approximate surface area is 226 Å². The van der Waals surface area contributed by atoms with Gasteiger partial charge < -0.3 is 14.8 Å². The number of rotatable bonds is 14. The van der Waals surface area contributed by atoms with E-state index in [9.17, 15) is 8.42 Å². The molecule has 0 amide bonds. The summed E-state index contributed by atoms with van der Waals surface area (Å²) in [7, 11) is -1.87. The van der Waals surface area contributed by atoms with Crippen LogP contribution >= 0.6 is 23.5 Å². The van der Waals surface area contributed by atoms with Gasteiger partial charge in [0.2, 0.25) is 10.0 Å². The highest BCUT2D eigenvalue weighted by Gasteiger charge is 2.45. The Hall–Kier alpha value is -1.13. The van der Waals surface area contributed by atoms with Crippen molar-refractivity contribution < 1.29 is 17.9 Å². The standard InChI is InChI=1S/C27H42N2O4S3/c1-5-19-34-26(35-20-6-2)23-7-8-24(25(21-23)32-4)33-18-13-27(11-9-22(3)10-12-27)36(30,31)29-16-14-28-15-17-29/h7-11,21,26,28H,5-6,12-20H2,1-4H3. The molecule has 0 radical (unpaired) electrons. The summed E-state index contributed by atoms with van der Waals surface area (Å²) in [5.74, 6) is 3.59. The van der Waals surface area contributed by atoms with Crippen LogP contribution in [0, 0.1) is 0 Å². The van der Waals surface area contributed by atoms with Crippen LogP contribution in [0.5, 0.6) is 11.5 Å². The fourth-order valence-corrected chi connectivity index (χ4v) is 8.97. The van der Waals surface area contributed by atoms with Gasteiger partial charge in [0.25, 0.3) is 0 Å². The smallest absolute Gasteiger partial charge is 0.224 e. The van der Waals surface area contributed by atoms with Crippen LogP contribution in [0.3, 0.4) is 0 Å². The summed E-state index contributed by atoms with van der Waals surface area (Å²) in [6.07, 6.45) is 8.97. The largest absolute Gasteiger partial charge is 0.493 e. The number of nitrogens with zero attached hydrogens (tertiary/aromatic N) is 1. The first kappa shape index (κ1) is 29.4. The lowest BCUT2D eigenvalue weighted by Crippen LogP contribution is -2.54. The zero-order valence-electron chi connectivity index (χ0n) is 22.1. The Morgan fingerprint density at radius 1 is 1.11 bits per heavy atom. The maximum atomic E-state index is 13.8. The highest BCUT2D eigenvalue weighted by atomic mass is 32.2. The van der Waals surface area contributed by atoms with Crippen molar-refractivity contribution in [1.29, 1.82) is 0 Å². The summed E-state index contributed by atoms with van der Waals surface area (Å²) in [4.78, 5) is 0. The van der Waals surface area contributed by atoms with Gasteiger partial charge in [0.1, 0.15) is 4.75 Å². The molecule has 3 rings (SSSR count). The number of hydrogen-bond donors (Lipinski definition) is 1. The third kappa shape index (κ3) is 7.25. The van der Waals surface area contributed by atoms with Crippen LogP contribution in [-0.4, -0.2) is 68.9 Å². The number of thioether (sulfide) groups is 2. The second kappa shape index (κ2) is 14.1. The van der Waals surface area contributed by atoms with Crippen LogP contribution in [0.25, 0.3) is 0 Å². The SMILES string of the molecule is CCCSC(SCCC)c1ccc(OCCC2(S(=O)(=O)N3CCNCC3)C=CC(C)=CC2)c(OC)c1. The van der Waals surface area contributed by atoms with E-state index in [-0.39, 0.29) is 6.61 Å². The molecule has 1 fully saturated rings. The van der Waals surface area contributed by atoms with E-state index in [0.29, 0.717) is 55.1 Å². The van der Waals surface area contributed by atoms with Gasteiger partial charge in [-0.25, -0.2) is 8.42 Å². The highest BCUT2D eigenvalue weighted by molar-refractivity contribution is 8.16. The molecule has 0 saturated carbocycles. The van der Waals surface area contributed by atoms with E-state index >= 15 is 0 Å². The maximum Gasteiger partial charge on any atom is 0.224 e. The first-order valence-electron chi connectivity index (χ1n) is 13.0. The molecule has 1 N–H and O–H groups in total.